The molecule has 0 aliphatic heterocycles. The fourth-order valence-corrected chi connectivity index (χ4v) is 1.45. The molecule has 0 fully saturated rings. The van der Waals surface area contributed by atoms with Gasteiger partial charge in [-0.1, -0.05) is 0 Å². The van der Waals surface area contributed by atoms with E-state index in [9.17, 15) is 4.39 Å². The quantitative estimate of drug-likeness (QED) is 0.783. The van der Waals surface area contributed by atoms with Gasteiger partial charge in [-0.15, -0.1) is 5.10 Å². The molecule has 0 atom stereocenters. The van der Waals surface area contributed by atoms with Crippen LogP contribution < -0.4 is 0 Å². The van der Waals surface area contributed by atoms with Crippen molar-refractivity contribution in [2.75, 3.05) is 0 Å². The van der Waals surface area contributed by atoms with E-state index in [-0.39, 0.29) is 5.82 Å². The number of aryl methyl sites for hydroxylation is 1. The molecular weight excluding hydrogens is 251 g/mol. The smallest absolute Gasteiger partial charge is 0.153 e. The monoisotopic (exact) mass is 256 g/mol. The summed E-state index contributed by atoms with van der Waals surface area (Å²) in [5.41, 5.74) is 0.723. The average Bonchev–Trinajstić information content (AvgIpc) is 2.57. The van der Waals surface area contributed by atoms with Gasteiger partial charge in [-0.3, -0.25) is 0 Å². The minimum atomic E-state index is -0.306. The Labute approximate surface area is 87.9 Å². The molecular formula is C8H6BrFN4. The van der Waals surface area contributed by atoms with Crippen molar-refractivity contribution in [3.05, 3.63) is 34.3 Å². The lowest BCUT2D eigenvalue weighted by atomic mass is 10.3. The van der Waals surface area contributed by atoms with Gasteiger partial charge in [0.25, 0.3) is 0 Å². The van der Waals surface area contributed by atoms with Gasteiger partial charge in [-0.25, -0.2) is 4.39 Å². The van der Waals surface area contributed by atoms with Crippen LogP contribution in [-0.4, -0.2) is 20.2 Å². The van der Waals surface area contributed by atoms with Gasteiger partial charge in [0.15, 0.2) is 5.82 Å². The first-order chi connectivity index (χ1) is 6.68. The van der Waals surface area contributed by atoms with E-state index >= 15 is 0 Å². The molecule has 0 radical (unpaired) electrons. The van der Waals surface area contributed by atoms with Crippen LogP contribution in [0.4, 0.5) is 4.39 Å². The van der Waals surface area contributed by atoms with E-state index in [1.54, 1.807) is 19.1 Å². The number of aromatic nitrogens is 4. The van der Waals surface area contributed by atoms with Crippen LogP contribution >= 0.6 is 15.9 Å². The van der Waals surface area contributed by atoms with Crippen molar-refractivity contribution in [3.8, 4) is 5.69 Å². The Morgan fingerprint density at radius 1 is 1.43 bits per heavy atom. The first kappa shape index (κ1) is 9.26. The Morgan fingerprint density at radius 2 is 2.21 bits per heavy atom. The second-order valence-corrected chi connectivity index (χ2v) is 3.59. The highest BCUT2D eigenvalue weighted by Crippen LogP contribution is 2.19. The number of benzene rings is 1. The van der Waals surface area contributed by atoms with Crippen LogP contribution in [-0.2, 0) is 0 Å². The second-order valence-electron chi connectivity index (χ2n) is 2.74. The molecule has 0 unspecified atom stereocenters. The second kappa shape index (κ2) is 3.45. The van der Waals surface area contributed by atoms with Crippen LogP contribution in [0.5, 0.6) is 0 Å². The van der Waals surface area contributed by atoms with Crippen molar-refractivity contribution in [2.24, 2.45) is 0 Å². The molecule has 2 aromatic rings. The van der Waals surface area contributed by atoms with Gasteiger partial charge >= 0.3 is 0 Å². The molecule has 2 rings (SSSR count). The molecule has 0 aliphatic carbocycles. The Bertz CT molecular complexity index is 468. The first-order valence-electron chi connectivity index (χ1n) is 3.89. The molecule has 4 nitrogen and oxygen atoms in total. The van der Waals surface area contributed by atoms with Crippen LogP contribution in [0.2, 0.25) is 0 Å². The molecule has 1 heterocycles. The van der Waals surface area contributed by atoms with Gasteiger partial charge in [-0.2, -0.15) is 4.68 Å². The predicted molar refractivity (Wildman–Crippen MR) is 51.5 cm³/mol. The van der Waals surface area contributed by atoms with E-state index in [4.69, 9.17) is 0 Å². The Balaban J connectivity index is 2.53. The topological polar surface area (TPSA) is 43.6 Å². The van der Waals surface area contributed by atoms with E-state index < -0.39 is 0 Å². The van der Waals surface area contributed by atoms with Gasteiger partial charge in [0.2, 0.25) is 0 Å². The van der Waals surface area contributed by atoms with Crippen molar-refractivity contribution in [3.63, 3.8) is 0 Å². The summed E-state index contributed by atoms with van der Waals surface area (Å²) in [6.45, 7) is 1.78. The molecule has 0 saturated heterocycles. The Kier molecular flexibility index (Phi) is 2.28. The van der Waals surface area contributed by atoms with Gasteiger partial charge in [0.05, 0.1) is 10.2 Å². The van der Waals surface area contributed by atoms with Crippen LogP contribution in [0.1, 0.15) is 5.82 Å². The minimum Gasteiger partial charge on any atom is -0.206 e. The third kappa shape index (κ3) is 1.52. The minimum absolute atomic E-state index is 0.306. The van der Waals surface area contributed by atoms with Crippen LogP contribution in [0.25, 0.3) is 5.69 Å². The summed E-state index contributed by atoms with van der Waals surface area (Å²) < 4.78 is 14.9. The molecule has 0 amide bonds. The highest BCUT2D eigenvalue weighted by atomic mass is 79.9. The average molecular weight is 257 g/mol. The molecule has 1 aromatic heterocycles. The highest BCUT2D eigenvalue weighted by Gasteiger charge is 2.05. The largest absolute Gasteiger partial charge is 0.206 e. The van der Waals surface area contributed by atoms with E-state index in [2.05, 4.69) is 31.5 Å². The molecule has 72 valence electrons. The maximum atomic E-state index is 12.9. The molecule has 0 spiro atoms. The lowest BCUT2D eigenvalue weighted by Crippen LogP contribution is -1.99. The molecule has 6 heteroatoms. The summed E-state index contributed by atoms with van der Waals surface area (Å²) in [5.74, 6) is 0.350. The van der Waals surface area contributed by atoms with Crippen molar-refractivity contribution < 1.29 is 4.39 Å². The van der Waals surface area contributed by atoms with Gasteiger partial charge in [0, 0.05) is 0 Å². The lowest BCUT2D eigenvalue weighted by molar-refractivity contribution is 0.619. The molecule has 1 aromatic carbocycles. The summed E-state index contributed by atoms with van der Waals surface area (Å²) in [7, 11) is 0. The summed E-state index contributed by atoms with van der Waals surface area (Å²) in [6.07, 6.45) is 0. The highest BCUT2D eigenvalue weighted by molar-refractivity contribution is 9.10. The normalized spacial score (nSPS) is 10.5. The van der Waals surface area contributed by atoms with Crippen molar-refractivity contribution >= 4 is 15.9 Å². The number of hydrogen-bond donors (Lipinski definition) is 0. The SMILES string of the molecule is Cc1nnnn1-c1ccc(F)c(Br)c1. The number of nitrogens with zero attached hydrogens (tertiary/aromatic N) is 4. The third-order valence-corrected chi connectivity index (χ3v) is 2.38. The molecule has 0 aliphatic rings. The van der Waals surface area contributed by atoms with E-state index in [0.717, 1.165) is 5.69 Å². The zero-order valence-corrected chi connectivity index (χ0v) is 8.86. The molecule has 0 saturated carbocycles. The summed E-state index contributed by atoms with van der Waals surface area (Å²) in [5, 5.41) is 11.0. The van der Waals surface area contributed by atoms with Crippen molar-refractivity contribution in [1.82, 2.24) is 20.2 Å². The number of hydrogen-bond acceptors (Lipinski definition) is 3. The van der Waals surface area contributed by atoms with Crippen molar-refractivity contribution in [2.45, 2.75) is 6.92 Å². The standard InChI is InChI=1S/C8H6BrFN4/c1-5-11-12-13-14(5)6-2-3-8(10)7(9)4-6/h2-4H,1H3. The summed E-state index contributed by atoms with van der Waals surface area (Å²) in [4.78, 5) is 0. The fourth-order valence-electron chi connectivity index (χ4n) is 1.09. The first-order valence-corrected chi connectivity index (χ1v) is 4.68. The third-order valence-electron chi connectivity index (χ3n) is 1.77. The number of tetrazole rings is 1. The van der Waals surface area contributed by atoms with Gasteiger partial charge in [-0.05, 0) is 51.5 Å². The summed E-state index contributed by atoms with van der Waals surface area (Å²) >= 11 is 3.10. The number of rotatable bonds is 1. The van der Waals surface area contributed by atoms with E-state index in [1.165, 1.54) is 10.7 Å². The Hall–Kier alpha value is -1.30. The fraction of sp³-hybridized carbons (Fsp3) is 0.125. The van der Waals surface area contributed by atoms with Crippen LogP contribution in [0.15, 0.2) is 22.7 Å². The van der Waals surface area contributed by atoms with Gasteiger partial charge in [0.1, 0.15) is 5.82 Å². The van der Waals surface area contributed by atoms with Crippen molar-refractivity contribution in [1.29, 1.82) is 0 Å². The molecule has 0 N–H and O–H groups in total. The zero-order valence-electron chi connectivity index (χ0n) is 7.28. The Morgan fingerprint density at radius 3 is 2.79 bits per heavy atom. The molecule has 0 bridgehead atoms. The van der Waals surface area contributed by atoms with Crippen LogP contribution in [0.3, 0.4) is 0 Å². The van der Waals surface area contributed by atoms with E-state index in [1.807, 2.05) is 0 Å². The zero-order chi connectivity index (χ0) is 10.1. The molecule has 14 heavy (non-hydrogen) atoms. The van der Waals surface area contributed by atoms with Crippen LogP contribution in [0, 0.1) is 12.7 Å². The summed E-state index contributed by atoms with van der Waals surface area (Å²) in [6, 6.07) is 4.60. The maximum absolute atomic E-state index is 12.9. The van der Waals surface area contributed by atoms with Gasteiger partial charge < -0.3 is 0 Å². The predicted octanol–water partition coefficient (Wildman–Crippen LogP) is 1.87. The van der Waals surface area contributed by atoms with E-state index in [0.29, 0.717) is 10.3 Å². The lowest BCUT2D eigenvalue weighted by Gasteiger charge is -2.02. The number of halogens is 2. The maximum Gasteiger partial charge on any atom is 0.153 e.